The van der Waals surface area contributed by atoms with Gasteiger partial charge in [-0.05, 0) is 43.0 Å². The molecule has 1 rings (SSSR count). The van der Waals surface area contributed by atoms with Crippen molar-refractivity contribution in [3.05, 3.63) is 23.3 Å². The summed E-state index contributed by atoms with van der Waals surface area (Å²) in [4.78, 5) is 12.1. The molecule has 2 N–H and O–H groups in total. The van der Waals surface area contributed by atoms with Gasteiger partial charge < -0.3 is 15.2 Å². The maximum absolute atomic E-state index is 12.1. The summed E-state index contributed by atoms with van der Waals surface area (Å²) in [7, 11) is 1.63. The summed E-state index contributed by atoms with van der Waals surface area (Å²) in [5, 5.41) is 12.1. The minimum absolute atomic E-state index is 0.102. The van der Waals surface area contributed by atoms with E-state index in [1.54, 1.807) is 7.11 Å². The normalized spacial score (nSPS) is 12.4. The Bertz CT molecular complexity index is 432. The Kier molecular flexibility index (Phi) is 5.36. The molecule has 0 aliphatic carbocycles. The topological polar surface area (TPSA) is 58.6 Å². The predicted octanol–water partition coefficient (Wildman–Crippen LogP) is 2.52. The highest BCUT2D eigenvalue weighted by Gasteiger charge is 2.21. The number of methoxy groups -OCH3 is 1. The standard InChI is InChI=1S/C15H23NO3/c1-9(2)13(8-17)15(18)16-12-6-10(3)14(19-5)11(4)7-12/h6-7,9,13,17H,8H2,1-5H3,(H,16,18). The zero-order valence-corrected chi connectivity index (χ0v) is 12.3. The molecule has 19 heavy (non-hydrogen) atoms. The minimum atomic E-state index is -0.386. The van der Waals surface area contributed by atoms with Crippen LogP contribution in [0.5, 0.6) is 5.75 Å². The molecule has 0 aromatic heterocycles. The maximum atomic E-state index is 12.1. The van der Waals surface area contributed by atoms with E-state index in [0.717, 1.165) is 22.6 Å². The van der Waals surface area contributed by atoms with Crippen LogP contribution in [0.2, 0.25) is 0 Å². The Morgan fingerprint density at radius 3 is 2.21 bits per heavy atom. The maximum Gasteiger partial charge on any atom is 0.230 e. The monoisotopic (exact) mass is 265 g/mol. The van der Waals surface area contributed by atoms with Crippen LogP contribution < -0.4 is 10.1 Å². The van der Waals surface area contributed by atoms with Crippen LogP contribution in [0, 0.1) is 25.7 Å². The molecule has 0 aliphatic heterocycles. The van der Waals surface area contributed by atoms with Crippen LogP contribution in [-0.2, 0) is 4.79 Å². The number of aryl methyl sites for hydroxylation is 2. The second-order valence-electron chi connectivity index (χ2n) is 5.17. The number of aliphatic hydroxyl groups excluding tert-OH is 1. The van der Waals surface area contributed by atoms with Crippen molar-refractivity contribution in [3.63, 3.8) is 0 Å². The SMILES string of the molecule is COc1c(C)cc(NC(=O)C(CO)C(C)C)cc1C. The Balaban J connectivity index is 2.91. The molecule has 0 saturated carbocycles. The highest BCUT2D eigenvalue weighted by atomic mass is 16.5. The van der Waals surface area contributed by atoms with E-state index in [4.69, 9.17) is 4.74 Å². The third-order valence-electron chi connectivity index (χ3n) is 3.27. The van der Waals surface area contributed by atoms with Gasteiger partial charge in [0.1, 0.15) is 5.75 Å². The first-order valence-electron chi connectivity index (χ1n) is 6.47. The minimum Gasteiger partial charge on any atom is -0.496 e. The summed E-state index contributed by atoms with van der Waals surface area (Å²) < 4.78 is 5.29. The average molecular weight is 265 g/mol. The van der Waals surface area contributed by atoms with E-state index in [0.29, 0.717) is 0 Å². The molecule has 0 spiro atoms. The third kappa shape index (κ3) is 3.70. The van der Waals surface area contributed by atoms with Crippen molar-refractivity contribution in [3.8, 4) is 5.75 Å². The first-order valence-corrected chi connectivity index (χ1v) is 6.47. The molecule has 1 aromatic carbocycles. The van der Waals surface area contributed by atoms with Crippen molar-refractivity contribution in [2.75, 3.05) is 19.0 Å². The van der Waals surface area contributed by atoms with Gasteiger partial charge >= 0.3 is 0 Å². The number of nitrogens with one attached hydrogen (secondary N) is 1. The number of ether oxygens (including phenoxy) is 1. The zero-order chi connectivity index (χ0) is 14.6. The van der Waals surface area contributed by atoms with Crippen molar-refractivity contribution >= 4 is 11.6 Å². The molecule has 1 unspecified atom stereocenters. The number of hydrogen-bond donors (Lipinski definition) is 2. The smallest absolute Gasteiger partial charge is 0.230 e. The summed E-state index contributed by atoms with van der Waals surface area (Å²) in [6.45, 7) is 7.58. The molecule has 0 aliphatic rings. The van der Waals surface area contributed by atoms with Gasteiger partial charge in [-0.1, -0.05) is 13.8 Å². The molecule has 0 fully saturated rings. The average Bonchev–Trinajstić information content (AvgIpc) is 2.28. The van der Waals surface area contributed by atoms with E-state index >= 15 is 0 Å². The van der Waals surface area contributed by atoms with Crippen LogP contribution in [0.1, 0.15) is 25.0 Å². The van der Waals surface area contributed by atoms with Crippen LogP contribution in [0.25, 0.3) is 0 Å². The summed E-state index contributed by atoms with van der Waals surface area (Å²) in [6.07, 6.45) is 0. The summed E-state index contributed by atoms with van der Waals surface area (Å²) in [5.41, 5.74) is 2.69. The number of carbonyl (C=O) groups excluding carboxylic acids is 1. The van der Waals surface area contributed by atoms with Gasteiger partial charge in [0.05, 0.1) is 19.6 Å². The quantitative estimate of drug-likeness (QED) is 0.860. The van der Waals surface area contributed by atoms with Gasteiger partial charge in [-0.3, -0.25) is 4.79 Å². The Labute approximate surface area is 114 Å². The highest BCUT2D eigenvalue weighted by Crippen LogP contribution is 2.27. The lowest BCUT2D eigenvalue weighted by Gasteiger charge is -2.18. The van der Waals surface area contributed by atoms with E-state index in [1.807, 2.05) is 39.8 Å². The zero-order valence-electron chi connectivity index (χ0n) is 12.3. The van der Waals surface area contributed by atoms with Gasteiger partial charge in [0.25, 0.3) is 0 Å². The number of amides is 1. The van der Waals surface area contributed by atoms with Gasteiger partial charge in [0.2, 0.25) is 5.91 Å². The summed E-state index contributed by atoms with van der Waals surface area (Å²) in [5.74, 6) is 0.398. The predicted molar refractivity (Wildman–Crippen MR) is 76.5 cm³/mol. The highest BCUT2D eigenvalue weighted by molar-refractivity contribution is 5.93. The third-order valence-corrected chi connectivity index (χ3v) is 3.27. The molecule has 1 atom stereocenters. The first kappa shape index (κ1) is 15.5. The number of carbonyl (C=O) groups is 1. The van der Waals surface area contributed by atoms with E-state index in [2.05, 4.69) is 5.32 Å². The molecule has 1 amide bonds. The molecule has 106 valence electrons. The Hall–Kier alpha value is -1.55. The molecule has 0 saturated heterocycles. The van der Waals surface area contributed by atoms with Crippen LogP contribution in [0.15, 0.2) is 12.1 Å². The second kappa shape index (κ2) is 6.57. The molecule has 0 radical (unpaired) electrons. The second-order valence-corrected chi connectivity index (χ2v) is 5.17. The van der Waals surface area contributed by atoms with Gasteiger partial charge in [-0.25, -0.2) is 0 Å². The van der Waals surface area contributed by atoms with E-state index in [-0.39, 0.29) is 24.3 Å². The van der Waals surface area contributed by atoms with Crippen molar-refractivity contribution in [1.82, 2.24) is 0 Å². The van der Waals surface area contributed by atoms with Crippen molar-refractivity contribution < 1.29 is 14.6 Å². The summed E-state index contributed by atoms with van der Waals surface area (Å²) >= 11 is 0. The Morgan fingerprint density at radius 2 is 1.84 bits per heavy atom. The number of anilines is 1. The molecule has 1 aromatic rings. The van der Waals surface area contributed by atoms with Crippen molar-refractivity contribution in [1.29, 1.82) is 0 Å². The van der Waals surface area contributed by atoms with Gasteiger partial charge in [-0.15, -0.1) is 0 Å². The van der Waals surface area contributed by atoms with E-state index in [9.17, 15) is 9.90 Å². The fourth-order valence-electron chi connectivity index (χ4n) is 2.18. The van der Waals surface area contributed by atoms with Crippen molar-refractivity contribution in [2.24, 2.45) is 11.8 Å². The van der Waals surface area contributed by atoms with Crippen LogP contribution in [-0.4, -0.2) is 24.7 Å². The lowest BCUT2D eigenvalue weighted by atomic mass is 9.96. The van der Waals surface area contributed by atoms with Gasteiger partial charge in [0.15, 0.2) is 0 Å². The largest absolute Gasteiger partial charge is 0.496 e. The van der Waals surface area contributed by atoms with E-state index < -0.39 is 0 Å². The molecule has 4 nitrogen and oxygen atoms in total. The lowest BCUT2D eigenvalue weighted by Crippen LogP contribution is -2.29. The fraction of sp³-hybridized carbons (Fsp3) is 0.533. The number of benzene rings is 1. The van der Waals surface area contributed by atoms with Crippen LogP contribution >= 0.6 is 0 Å². The van der Waals surface area contributed by atoms with Crippen LogP contribution in [0.4, 0.5) is 5.69 Å². The first-order chi connectivity index (χ1) is 8.90. The van der Waals surface area contributed by atoms with Crippen molar-refractivity contribution in [2.45, 2.75) is 27.7 Å². The number of rotatable bonds is 5. The molecule has 0 bridgehead atoms. The fourth-order valence-corrected chi connectivity index (χ4v) is 2.18. The molecule has 0 heterocycles. The Morgan fingerprint density at radius 1 is 1.32 bits per heavy atom. The number of hydrogen-bond acceptors (Lipinski definition) is 3. The molecular weight excluding hydrogens is 242 g/mol. The molecule has 4 heteroatoms. The summed E-state index contributed by atoms with van der Waals surface area (Å²) in [6, 6.07) is 3.75. The van der Waals surface area contributed by atoms with Gasteiger partial charge in [-0.2, -0.15) is 0 Å². The lowest BCUT2D eigenvalue weighted by molar-refractivity contribution is -0.122. The van der Waals surface area contributed by atoms with Gasteiger partial charge in [0, 0.05) is 5.69 Å². The number of aliphatic hydroxyl groups is 1. The van der Waals surface area contributed by atoms with Crippen LogP contribution in [0.3, 0.4) is 0 Å². The molecular formula is C15H23NO3. The van der Waals surface area contributed by atoms with E-state index in [1.165, 1.54) is 0 Å².